The monoisotopic (exact) mass is 394 g/mol. The van der Waals surface area contributed by atoms with Crippen molar-refractivity contribution >= 4 is 33.2 Å². The molecule has 2 aromatic rings. The fourth-order valence-corrected chi connectivity index (χ4v) is 4.29. The minimum Gasteiger partial charge on any atom is -0.317 e. The maximum absolute atomic E-state index is 13.6. The van der Waals surface area contributed by atoms with Crippen LogP contribution in [0.15, 0.2) is 57.9 Å². The Labute approximate surface area is 159 Å². The van der Waals surface area contributed by atoms with Crippen LogP contribution in [0.2, 0.25) is 5.15 Å². The third kappa shape index (κ3) is 4.95. The fraction of sp³-hybridized carbons (Fsp3) is 0.333. The number of halogens is 1. The number of pyridine rings is 1. The maximum Gasteiger partial charge on any atom is 0.353 e. The lowest BCUT2D eigenvalue weighted by Crippen LogP contribution is -2.41. The molecular formula is C18H23ClN4O2S. The summed E-state index contributed by atoms with van der Waals surface area (Å²) in [5.41, 5.74) is 0.469. The van der Waals surface area contributed by atoms with Crippen molar-refractivity contribution in [2.75, 3.05) is 4.72 Å². The average Bonchev–Trinajstić information content (AvgIpc) is 2.54. The van der Waals surface area contributed by atoms with Crippen molar-refractivity contribution in [2.24, 2.45) is 4.36 Å². The molecule has 26 heavy (non-hydrogen) atoms. The van der Waals surface area contributed by atoms with E-state index in [1.54, 1.807) is 35.2 Å². The van der Waals surface area contributed by atoms with E-state index in [-0.39, 0.29) is 17.2 Å². The molecule has 0 aliphatic rings. The molecule has 2 amide bonds. The van der Waals surface area contributed by atoms with Crippen LogP contribution >= 0.6 is 11.6 Å². The van der Waals surface area contributed by atoms with Gasteiger partial charge in [-0.05, 0) is 52.0 Å². The van der Waals surface area contributed by atoms with Crippen molar-refractivity contribution in [3.05, 3.63) is 53.8 Å². The Morgan fingerprint density at radius 2 is 1.77 bits per heavy atom. The number of aromatic nitrogens is 1. The Kier molecular flexibility index (Phi) is 6.61. The summed E-state index contributed by atoms with van der Waals surface area (Å²) in [7, 11) is -3.25. The number of anilines is 1. The second-order valence-corrected chi connectivity index (χ2v) is 8.57. The summed E-state index contributed by atoms with van der Waals surface area (Å²) in [5, 5.41) is 0.252. The normalized spacial score (nSPS) is 13.3. The largest absolute Gasteiger partial charge is 0.353 e. The van der Waals surface area contributed by atoms with Crippen molar-refractivity contribution in [3.63, 3.8) is 0 Å². The van der Waals surface area contributed by atoms with Gasteiger partial charge >= 0.3 is 6.03 Å². The molecule has 0 fully saturated rings. The van der Waals surface area contributed by atoms with Crippen LogP contribution in [0.25, 0.3) is 0 Å². The molecule has 8 heteroatoms. The van der Waals surface area contributed by atoms with E-state index in [0.717, 1.165) is 0 Å². The first-order chi connectivity index (χ1) is 12.2. The van der Waals surface area contributed by atoms with Crippen LogP contribution in [0, 0.1) is 0 Å². The molecule has 0 radical (unpaired) electrons. The molecule has 0 aliphatic heterocycles. The minimum absolute atomic E-state index is 0.0685. The summed E-state index contributed by atoms with van der Waals surface area (Å²) in [6.07, 6.45) is 1.49. The molecule has 0 spiro atoms. The number of nitrogens with zero attached hydrogens (tertiary/aromatic N) is 3. The number of hydrogen-bond donors (Lipinski definition) is 1. The number of nitrogens with one attached hydrogen (secondary N) is 1. The first-order valence-electron chi connectivity index (χ1n) is 8.27. The van der Waals surface area contributed by atoms with Gasteiger partial charge in [0.15, 0.2) is 9.92 Å². The van der Waals surface area contributed by atoms with Crippen LogP contribution in [0.1, 0.15) is 27.7 Å². The van der Waals surface area contributed by atoms with E-state index in [0.29, 0.717) is 10.6 Å². The average molecular weight is 395 g/mol. The zero-order chi connectivity index (χ0) is 19.3. The van der Waals surface area contributed by atoms with Gasteiger partial charge in [-0.25, -0.2) is 14.0 Å². The number of benzene rings is 1. The molecule has 140 valence electrons. The van der Waals surface area contributed by atoms with Gasteiger partial charge in [0.25, 0.3) is 0 Å². The van der Waals surface area contributed by atoms with Gasteiger partial charge in [-0.2, -0.15) is 0 Å². The smallest absolute Gasteiger partial charge is 0.317 e. The van der Waals surface area contributed by atoms with Crippen molar-refractivity contribution < 1.29 is 9.00 Å². The van der Waals surface area contributed by atoms with Crippen LogP contribution in [0.3, 0.4) is 0 Å². The third-order valence-electron chi connectivity index (χ3n) is 3.59. The van der Waals surface area contributed by atoms with Crippen molar-refractivity contribution in [2.45, 2.75) is 44.7 Å². The number of amides is 2. The number of hydrogen-bond acceptors (Lipinski definition) is 3. The van der Waals surface area contributed by atoms with E-state index in [9.17, 15) is 9.00 Å². The predicted octanol–water partition coefficient (Wildman–Crippen LogP) is 4.83. The Hall–Kier alpha value is -2.12. The predicted molar refractivity (Wildman–Crippen MR) is 106 cm³/mol. The Bertz CT molecular complexity index is 870. The highest BCUT2D eigenvalue weighted by Crippen LogP contribution is 2.21. The highest BCUT2D eigenvalue weighted by Gasteiger charge is 2.23. The van der Waals surface area contributed by atoms with E-state index in [1.165, 1.54) is 12.3 Å². The molecule has 1 aromatic heterocycles. The highest BCUT2D eigenvalue weighted by atomic mass is 35.5. The summed E-state index contributed by atoms with van der Waals surface area (Å²) in [6.45, 7) is 7.59. The molecule has 0 saturated heterocycles. The topological polar surface area (TPSA) is 74.7 Å². The maximum atomic E-state index is 13.6. The highest BCUT2D eigenvalue weighted by molar-refractivity contribution is 7.95. The number of carbonyl (C=O) groups is 1. The molecule has 1 atom stereocenters. The minimum atomic E-state index is -3.25. The third-order valence-corrected chi connectivity index (χ3v) is 5.63. The molecule has 1 aromatic carbocycles. The molecule has 1 N–H and O–H groups in total. The zero-order valence-electron chi connectivity index (χ0n) is 15.2. The molecular weight excluding hydrogens is 372 g/mol. The Morgan fingerprint density at radius 3 is 2.31 bits per heavy atom. The van der Waals surface area contributed by atoms with E-state index >= 15 is 0 Å². The van der Waals surface area contributed by atoms with Gasteiger partial charge in [-0.1, -0.05) is 29.8 Å². The van der Waals surface area contributed by atoms with Crippen LogP contribution in [-0.4, -0.2) is 32.2 Å². The van der Waals surface area contributed by atoms with Crippen molar-refractivity contribution in [1.82, 2.24) is 9.88 Å². The van der Waals surface area contributed by atoms with Gasteiger partial charge in [0.2, 0.25) is 0 Å². The molecule has 0 aliphatic carbocycles. The van der Waals surface area contributed by atoms with Crippen LogP contribution in [-0.2, 0) is 9.92 Å². The van der Waals surface area contributed by atoms with Gasteiger partial charge in [-0.3, -0.25) is 4.72 Å². The second-order valence-electron chi connectivity index (χ2n) is 6.28. The lowest BCUT2D eigenvalue weighted by molar-refractivity contribution is 0.175. The van der Waals surface area contributed by atoms with Crippen molar-refractivity contribution in [1.29, 1.82) is 0 Å². The molecule has 6 nitrogen and oxygen atoms in total. The summed E-state index contributed by atoms with van der Waals surface area (Å²) >= 11 is 5.91. The first-order valence-corrected chi connectivity index (χ1v) is 10.2. The second kappa shape index (κ2) is 8.51. The van der Waals surface area contributed by atoms with E-state index < -0.39 is 15.9 Å². The first kappa shape index (κ1) is 20.2. The number of carbonyl (C=O) groups excluding carboxylic acids is 1. The van der Waals surface area contributed by atoms with Gasteiger partial charge in [-0.15, -0.1) is 4.36 Å². The van der Waals surface area contributed by atoms with Crippen molar-refractivity contribution in [3.8, 4) is 0 Å². The van der Waals surface area contributed by atoms with E-state index in [1.807, 2.05) is 33.8 Å². The van der Waals surface area contributed by atoms with Crippen LogP contribution in [0.4, 0.5) is 10.5 Å². The van der Waals surface area contributed by atoms with E-state index in [4.69, 9.17) is 11.6 Å². The molecule has 0 saturated carbocycles. The number of urea groups is 1. The van der Waals surface area contributed by atoms with Gasteiger partial charge in [0, 0.05) is 18.3 Å². The summed E-state index contributed by atoms with van der Waals surface area (Å²) in [4.78, 5) is 18.7. The van der Waals surface area contributed by atoms with Gasteiger partial charge in [0.05, 0.1) is 10.6 Å². The fourth-order valence-electron chi connectivity index (χ4n) is 2.56. The Morgan fingerprint density at radius 1 is 1.15 bits per heavy atom. The summed E-state index contributed by atoms with van der Waals surface area (Å²) < 4.78 is 20.6. The summed E-state index contributed by atoms with van der Waals surface area (Å²) in [6, 6.07) is 11.1. The van der Waals surface area contributed by atoms with Crippen LogP contribution in [0.5, 0.6) is 0 Å². The zero-order valence-corrected chi connectivity index (χ0v) is 16.8. The lowest BCUT2D eigenvalue weighted by atomic mass is 10.2. The quantitative estimate of drug-likeness (QED) is 0.738. The Balaban J connectivity index is 2.54. The molecule has 0 bridgehead atoms. The standard InChI is InChI=1S/C18H23ClN4O2S/c1-13(2)23(14(3)4)18(24)22-26(25,16-8-6-5-7-9-16)21-15-10-11-20-17(19)12-15/h5-14H,1-4H3,(H,20,21,22,24,25). The lowest BCUT2D eigenvalue weighted by Gasteiger charge is -2.29. The SMILES string of the molecule is CC(C)N(C(=O)N=S(=O)(Nc1ccnc(Cl)c1)c1ccccc1)C(C)C. The van der Waals surface area contributed by atoms with Crippen LogP contribution < -0.4 is 4.72 Å². The van der Waals surface area contributed by atoms with E-state index in [2.05, 4.69) is 14.1 Å². The van der Waals surface area contributed by atoms with Gasteiger partial charge < -0.3 is 4.90 Å². The molecule has 2 rings (SSSR count). The summed E-state index contributed by atoms with van der Waals surface area (Å²) in [5.74, 6) is 0. The van der Waals surface area contributed by atoms with Gasteiger partial charge in [0.1, 0.15) is 5.15 Å². The molecule has 1 unspecified atom stereocenters. The number of rotatable bonds is 5. The molecule has 1 heterocycles.